The van der Waals surface area contributed by atoms with Crippen molar-refractivity contribution < 1.29 is 27.5 Å². The summed E-state index contributed by atoms with van der Waals surface area (Å²) in [5.74, 6) is 0.0188. The van der Waals surface area contributed by atoms with Gasteiger partial charge in [-0.15, -0.1) is 0 Å². The predicted octanol–water partition coefficient (Wildman–Crippen LogP) is 7.06. The topological polar surface area (TPSA) is 61.9 Å². The van der Waals surface area contributed by atoms with E-state index >= 15 is 0 Å². The van der Waals surface area contributed by atoms with Gasteiger partial charge in [0.05, 0.1) is 6.42 Å². The largest absolute Gasteiger partial charge is 0.433 e. The zero-order valence-corrected chi connectivity index (χ0v) is 24.9. The van der Waals surface area contributed by atoms with E-state index in [0.29, 0.717) is 36.0 Å². The highest BCUT2D eigenvalue weighted by molar-refractivity contribution is 6.35. The van der Waals surface area contributed by atoms with Crippen LogP contribution in [0.4, 0.5) is 18.0 Å². The fourth-order valence-corrected chi connectivity index (χ4v) is 6.43. The van der Waals surface area contributed by atoms with E-state index in [1.807, 2.05) is 58.7 Å². The number of piperazine rings is 1. The van der Waals surface area contributed by atoms with Crippen molar-refractivity contribution in [3.63, 3.8) is 0 Å². The average Bonchev–Trinajstić information content (AvgIpc) is 3.25. The summed E-state index contributed by atoms with van der Waals surface area (Å²) in [6.07, 6.45) is -3.56. The Hall–Kier alpha value is -3.27. The molecule has 0 spiro atoms. The van der Waals surface area contributed by atoms with E-state index in [0.717, 1.165) is 53.9 Å². The number of hydrogen-bond donors (Lipinski definition) is 1. The third-order valence-corrected chi connectivity index (χ3v) is 8.64. The van der Waals surface area contributed by atoms with Gasteiger partial charge in [-0.3, -0.25) is 9.69 Å². The Labute approximate surface area is 258 Å². The molecule has 0 aromatic heterocycles. The fourth-order valence-electron chi connectivity index (χ4n) is 5.95. The first-order valence-corrected chi connectivity index (χ1v) is 15.0. The Morgan fingerprint density at radius 3 is 2.12 bits per heavy atom. The number of halogens is 5. The van der Waals surface area contributed by atoms with E-state index in [1.54, 1.807) is 18.2 Å². The number of ether oxygens (including phenoxy) is 1. The van der Waals surface area contributed by atoms with E-state index in [4.69, 9.17) is 27.9 Å². The van der Waals surface area contributed by atoms with E-state index in [1.165, 1.54) is 0 Å². The number of nitrogens with one attached hydrogen (secondary N) is 1. The first-order chi connectivity index (χ1) is 20.6. The number of rotatable bonds is 9. The maximum Gasteiger partial charge on any atom is 0.408 e. The first kappa shape index (κ1) is 31.2. The number of carbonyl (C=O) groups excluding carboxylic acids is 2. The number of carbonyl (C=O) groups is 2. The zero-order valence-electron chi connectivity index (χ0n) is 23.4. The summed E-state index contributed by atoms with van der Waals surface area (Å²) in [5, 5.41) is 2.88. The van der Waals surface area contributed by atoms with Crippen molar-refractivity contribution in [1.29, 1.82) is 0 Å². The molecular formula is C32H32Cl2F3N3O3. The fraction of sp³-hybridized carbons (Fsp3) is 0.375. The lowest BCUT2D eigenvalue weighted by atomic mass is 9.86. The summed E-state index contributed by atoms with van der Waals surface area (Å²) in [5.41, 5.74) is 2.90. The molecule has 2 amide bonds. The van der Waals surface area contributed by atoms with Crippen LogP contribution in [0.15, 0.2) is 66.7 Å². The van der Waals surface area contributed by atoms with Crippen LogP contribution in [0.2, 0.25) is 10.0 Å². The molecule has 2 aliphatic rings. The van der Waals surface area contributed by atoms with Crippen molar-refractivity contribution in [2.45, 2.75) is 37.5 Å². The van der Waals surface area contributed by atoms with Crippen LogP contribution in [0.1, 0.15) is 36.0 Å². The molecule has 0 radical (unpaired) electrons. The van der Waals surface area contributed by atoms with E-state index < -0.39 is 24.4 Å². The molecule has 0 saturated carbocycles. The minimum atomic E-state index is -4.55. The summed E-state index contributed by atoms with van der Waals surface area (Å²) in [6, 6.07) is 20.2. The van der Waals surface area contributed by atoms with Crippen molar-refractivity contribution >= 4 is 35.2 Å². The van der Waals surface area contributed by atoms with Gasteiger partial charge in [0, 0.05) is 47.4 Å². The average molecular weight is 635 g/mol. The number of amides is 2. The molecular weight excluding hydrogens is 602 g/mol. The quantitative estimate of drug-likeness (QED) is 0.256. The van der Waals surface area contributed by atoms with Crippen molar-refractivity contribution in [3.8, 4) is 11.1 Å². The second-order valence-electron chi connectivity index (χ2n) is 10.9. The third kappa shape index (κ3) is 7.28. The lowest BCUT2D eigenvalue weighted by molar-refractivity contribution is -0.132. The highest BCUT2D eigenvalue weighted by Gasteiger charge is 2.46. The molecule has 1 aliphatic heterocycles. The second kappa shape index (κ2) is 13.2. The standard InChI is InChI=1S/C32H32Cl2F3N3O3/c33-23-12-11-22(28(34)20-23)19-29(41)40-17-15-39(16-18-40)14-6-5-13-31(43-30(42)38-21-32(35,36)37)26-9-3-1-7-24(26)25-8-2-4-10-27(25)31/h1-4,7-12,20H,5-6,13-19,21H2,(H,38,42). The Bertz CT molecular complexity index is 1430. The number of nitrogens with zero attached hydrogens (tertiary/aromatic N) is 2. The van der Waals surface area contributed by atoms with Crippen LogP contribution >= 0.6 is 23.2 Å². The van der Waals surface area contributed by atoms with Crippen LogP contribution in [0.5, 0.6) is 0 Å². The van der Waals surface area contributed by atoms with Crippen molar-refractivity contribution in [3.05, 3.63) is 93.5 Å². The van der Waals surface area contributed by atoms with Crippen molar-refractivity contribution in [2.75, 3.05) is 39.3 Å². The molecule has 5 rings (SSSR count). The summed E-state index contributed by atoms with van der Waals surface area (Å²) >= 11 is 12.2. The predicted molar refractivity (Wildman–Crippen MR) is 160 cm³/mol. The lowest BCUT2D eigenvalue weighted by Crippen LogP contribution is -2.49. The van der Waals surface area contributed by atoms with Gasteiger partial charge in [0.2, 0.25) is 5.91 Å². The van der Waals surface area contributed by atoms with Gasteiger partial charge in [0.25, 0.3) is 0 Å². The van der Waals surface area contributed by atoms with E-state index in [9.17, 15) is 22.8 Å². The van der Waals surface area contributed by atoms with Gasteiger partial charge >= 0.3 is 12.3 Å². The number of fused-ring (bicyclic) bond motifs is 3. The molecule has 1 N–H and O–H groups in total. The second-order valence-corrected chi connectivity index (χ2v) is 11.7. The van der Waals surface area contributed by atoms with Crippen molar-refractivity contribution in [1.82, 2.24) is 15.1 Å². The highest BCUT2D eigenvalue weighted by atomic mass is 35.5. The molecule has 1 aliphatic carbocycles. The molecule has 3 aromatic rings. The van der Waals surface area contributed by atoms with Gasteiger partial charge in [-0.05, 0) is 54.6 Å². The minimum absolute atomic E-state index is 0.0188. The summed E-state index contributed by atoms with van der Waals surface area (Å²) in [6.45, 7) is 1.99. The Balaban J connectivity index is 1.19. The van der Waals surface area contributed by atoms with Gasteiger partial charge < -0.3 is 15.0 Å². The Morgan fingerprint density at radius 1 is 0.884 bits per heavy atom. The molecule has 11 heteroatoms. The summed E-state index contributed by atoms with van der Waals surface area (Å²) in [7, 11) is 0. The molecule has 43 heavy (non-hydrogen) atoms. The molecule has 228 valence electrons. The van der Waals surface area contributed by atoms with Gasteiger partial charge in [-0.1, -0.05) is 77.8 Å². The maximum absolute atomic E-state index is 12.9. The maximum atomic E-state index is 12.9. The number of alkyl halides is 3. The molecule has 3 aromatic carbocycles. The summed E-state index contributed by atoms with van der Waals surface area (Å²) in [4.78, 5) is 29.7. The van der Waals surface area contributed by atoms with Gasteiger partial charge in [-0.25, -0.2) is 4.79 Å². The molecule has 1 fully saturated rings. The Morgan fingerprint density at radius 2 is 1.51 bits per heavy atom. The SMILES string of the molecule is O=C(NCC(F)(F)F)OC1(CCCCN2CCN(C(=O)Cc3ccc(Cl)cc3Cl)CC2)c2ccccc2-c2ccccc21. The van der Waals surface area contributed by atoms with Crippen LogP contribution in [-0.4, -0.2) is 67.2 Å². The van der Waals surface area contributed by atoms with Crippen molar-refractivity contribution in [2.24, 2.45) is 0 Å². The van der Waals surface area contributed by atoms with Gasteiger partial charge in [0.15, 0.2) is 5.60 Å². The number of benzene rings is 3. The first-order valence-electron chi connectivity index (χ1n) is 14.2. The normalized spacial score (nSPS) is 16.0. The minimum Gasteiger partial charge on any atom is -0.433 e. The summed E-state index contributed by atoms with van der Waals surface area (Å²) < 4.78 is 44.4. The van der Waals surface area contributed by atoms with E-state index in [2.05, 4.69) is 4.90 Å². The number of alkyl carbamates (subject to hydrolysis) is 1. The van der Waals surface area contributed by atoms with Gasteiger partial charge in [0.1, 0.15) is 6.54 Å². The number of unbranched alkanes of at least 4 members (excludes halogenated alkanes) is 1. The van der Waals surface area contributed by atoms with Crippen LogP contribution < -0.4 is 5.32 Å². The Kier molecular flexibility index (Phi) is 9.54. The van der Waals surface area contributed by atoms with Gasteiger partial charge in [-0.2, -0.15) is 13.2 Å². The molecule has 6 nitrogen and oxygen atoms in total. The molecule has 0 bridgehead atoms. The lowest BCUT2D eigenvalue weighted by Gasteiger charge is -2.35. The van der Waals surface area contributed by atoms with Crippen LogP contribution in [0, 0.1) is 0 Å². The monoisotopic (exact) mass is 633 g/mol. The van der Waals surface area contributed by atoms with Crippen LogP contribution in [-0.2, 0) is 21.6 Å². The molecule has 1 saturated heterocycles. The van der Waals surface area contributed by atoms with Crippen LogP contribution in [0.3, 0.4) is 0 Å². The smallest absolute Gasteiger partial charge is 0.408 e. The molecule has 1 heterocycles. The zero-order chi connectivity index (χ0) is 30.6. The van der Waals surface area contributed by atoms with E-state index in [-0.39, 0.29) is 12.3 Å². The van der Waals surface area contributed by atoms with Crippen LogP contribution in [0.25, 0.3) is 11.1 Å². The highest BCUT2D eigenvalue weighted by Crippen LogP contribution is 2.52. The third-order valence-electron chi connectivity index (χ3n) is 8.05. The molecule has 0 atom stereocenters. The number of hydrogen-bond acceptors (Lipinski definition) is 4. The molecule has 0 unspecified atom stereocenters.